The summed E-state index contributed by atoms with van der Waals surface area (Å²) in [5.41, 5.74) is 0. The van der Waals surface area contributed by atoms with Gasteiger partial charge in [0.25, 0.3) is 0 Å². The second kappa shape index (κ2) is 5.68. The molecule has 1 heterocycles. The van der Waals surface area contributed by atoms with Gasteiger partial charge in [0.05, 0.1) is 0 Å². The van der Waals surface area contributed by atoms with Crippen LogP contribution in [0.25, 0.3) is 0 Å². The van der Waals surface area contributed by atoms with Crippen LogP contribution < -0.4 is 5.32 Å². The lowest BCUT2D eigenvalue weighted by molar-refractivity contribution is 0.526. The fraction of sp³-hybridized carbons (Fsp3) is 0.818. The molecule has 1 aliphatic rings. The Morgan fingerprint density at radius 3 is 2.94 bits per heavy atom. The Hall–Kier alpha value is -0.550. The summed E-state index contributed by atoms with van der Waals surface area (Å²) in [4.78, 5) is 4.22. The van der Waals surface area contributed by atoms with Gasteiger partial charge in [0.1, 0.15) is 6.33 Å². The largest absolute Gasteiger partial charge is 0.313 e. The monoisotopic (exact) mass is 240 g/mol. The Balaban J connectivity index is 1.71. The molecule has 0 amide bonds. The molecule has 1 fully saturated rings. The first-order valence-electron chi connectivity index (χ1n) is 5.99. The van der Waals surface area contributed by atoms with Crippen molar-refractivity contribution in [2.45, 2.75) is 49.1 Å². The minimum atomic E-state index is 0.545. The van der Waals surface area contributed by atoms with E-state index in [1.165, 1.54) is 25.7 Å². The van der Waals surface area contributed by atoms with Gasteiger partial charge in [-0.3, -0.25) is 0 Å². The van der Waals surface area contributed by atoms with Crippen molar-refractivity contribution in [3.63, 3.8) is 0 Å². The standard InChI is InChI=1S/C11H20N4S/c1-9(7-12-10-5-3-4-6-10)16-11-13-8-14-15(11)2/h8-10,12H,3-7H2,1-2H3. The van der Waals surface area contributed by atoms with E-state index in [-0.39, 0.29) is 0 Å². The quantitative estimate of drug-likeness (QED) is 0.797. The molecule has 2 rings (SSSR count). The van der Waals surface area contributed by atoms with Crippen molar-refractivity contribution in [2.75, 3.05) is 6.54 Å². The molecule has 1 aliphatic carbocycles. The molecule has 16 heavy (non-hydrogen) atoms. The van der Waals surface area contributed by atoms with Crippen LogP contribution >= 0.6 is 11.8 Å². The Morgan fingerprint density at radius 2 is 2.31 bits per heavy atom. The number of aryl methyl sites for hydroxylation is 1. The maximum atomic E-state index is 4.22. The lowest BCUT2D eigenvalue weighted by Gasteiger charge is -2.15. The molecule has 0 saturated heterocycles. The molecule has 4 nitrogen and oxygen atoms in total. The van der Waals surface area contributed by atoms with Crippen molar-refractivity contribution in [1.29, 1.82) is 0 Å². The minimum absolute atomic E-state index is 0.545. The molecule has 0 bridgehead atoms. The molecular formula is C11H20N4S. The molecule has 1 aromatic rings. The number of rotatable bonds is 5. The molecule has 5 heteroatoms. The zero-order valence-electron chi connectivity index (χ0n) is 10.0. The first-order valence-corrected chi connectivity index (χ1v) is 6.87. The van der Waals surface area contributed by atoms with Crippen molar-refractivity contribution in [3.05, 3.63) is 6.33 Å². The second-order valence-electron chi connectivity index (χ2n) is 4.48. The second-order valence-corrected chi connectivity index (χ2v) is 5.89. The molecule has 0 radical (unpaired) electrons. The van der Waals surface area contributed by atoms with Gasteiger partial charge in [0, 0.05) is 24.9 Å². The van der Waals surface area contributed by atoms with Crippen LogP contribution in [0.2, 0.25) is 0 Å². The predicted molar refractivity (Wildman–Crippen MR) is 66.6 cm³/mol. The van der Waals surface area contributed by atoms with E-state index >= 15 is 0 Å². The molecule has 1 N–H and O–H groups in total. The van der Waals surface area contributed by atoms with E-state index in [4.69, 9.17) is 0 Å². The zero-order chi connectivity index (χ0) is 11.4. The number of nitrogens with zero attached hydrogens (tertiary/aromatic N) is 3. The van der Waals surface area contributed by atoms with E-state index in [2.05, 4.69) is 22.3 Å². The van der Waals surface area contributed by atoms with Crippen LogP contribution in [0.5, 0.6) is 0 Å². The van der Waals surface area contributed by atoms with Gasteiger partial charge in [0.2, 0.25) is 0 Å². The number of hydrogen-bond acceptors (Lipinski definition) is 4. The molecule has 1 aromatic heterocycles. The van der Waals surface area contributed by atoms with Crippen molar-refractivity contribution in [3.8, 4) is 0 Å². The highest BCUT2D eigenvalue weighted by atomic mass is 32.2. The smallest absolute Gasteiger partial charge is 0.186 e. The Labute approximate surface area is 101 Å². The van der Waals surface area contributed by atoms with Gasteiger partial charge in [-0.2, -0.15) is 5.10 Å². The first kappa shape index (κ1) is 11.9. The lowest BCUT2D eigenvalue weighted by atomic mass is 10.2. The van der Waals surface area contributed by atoms with E-state index in [1.54, 1.807) is 18.1 Å². The summed E-state index contributed by atoms with van der Waals surface area (Å²) in [5, 5.41) is 9.25. The summed E-state index contributed by atoms with van der Waals surface area (Å²) in [6, 6.07) is 0.752. The maximum Gasteiger partial charge on any atom is 0.186 e. The molecule has 90 valence electrons. The highest BCUT2D eigenvalue weighted by molar-refractivity contribution is 7.99. The van der Waals surface area contributed by atoms with Crippen molar-refractivity contribution < 1.29 is 0 Å². The van der Waals surface area contributed by atoms with E-state index in [9.17, 15) is 0 Å². The lowest BCUT2D eigenvalue weighted by Crippen LogP contribution is -2.31. The fourth-order valence-corrected chi connectivity index (χ4v) is 2.92. The van der Waals surface area contributed by atoms with Gasteiger partial charge >= 0.3 is 0 Å². The SMILES string of the molecule is CC(CNC1CCCC1)Sc1ncnn1C. The average Bonchev–Trinajstić information content (AvgIpc) is 2.88. The van der Waals surface area contributed by atoms with Crippen LogP contribution in [0.4, 0.5) is 0 Å². The number of aromatic nitrogens is 3. The summed E-state index contributed by atoms with van der Waals surface area (Å²) in [7, 11) is 1.94. The van der Waals surface area contributed by atoms with Gasteiger partial charge in [-0.15, -0.1) is 0 Å². The Kier molecular flexibility index (Phi) is 4.23. The maximum absolute atomic E-state index is 4.22. The Bertz CT molecular complexity index is 320. The normalized spacial score (nSPS) is 19.1. The van der Waals surface area contributed by atoms with Crippen molar-refractivity contribution >= 4 is 11.8 Å². The van der Waals surface area contributed by atoms with Crippen LogP contribution in [-0.2, 0) is 7.05 Å². The Morgan fingerprint density at radius 1 is 1.56 bits per heavy atom. The van der Waals surface area contributed by atoms with Crippen LogP contribution in [0.15, 0.2) is 11.5 Å². The molecule has 0 aromatic carbocycles. The zero-order valence-corrected chi connectivity index (χ0v) is 10.8. The van der Waals surface area contributed by atoms with Crippen LogP contribution in [0.3, 0.4) is 0 Å². The van der Waals surface area contributed by atoms with Crippen LogP contribution in [0, 0.1) is 0 Å². The third kappa shape index (κ3) is 3.22. The molecular weight excluding hydrogens is 220 g/mol. The summed E-state index contributed by atoms with van der Waals surface area (Å²) in [5.74, 6) is 0. The molecule has 1 saturated carbocycles. The third-order valence-corrected chi connectivity index (χ3v) is 4.18. The van der Waals surface area contributed by atoms with Gasteiger partial charge in [0.15, 0.2) is 5.16 Å². The average molecular weight is 240 g/mol. The summed E-state index contributed by atoms with van der Waals surface area (Å²) in [6.07, 6.45) is 7.09. The van der Waals surface area contributed by atoms with Gasteiger partial charge < -0.3 is 5.32 Å². The molecule has 1 atom stereocenters. The minimum Gasteiger partial charge on any atom is -0.313 e. The fourth-order valence-electron chi connectivity index (χ4n) is 2.08. The molecule has 0 spiro atoms. The van der Waals surface area contributed by atoms with Crippen molar-refractivity contribution in [1.82, 2.24) is 20.1 Å². The van der Waals surface area contributed by atoms with Crippen LogP contribution in [0.1, 0.15) is 32.6 Å². The highest BCUT2D eigenvalue weighted by Gasteiger charge is 2.16. The van der Waals surface area contributed by atoms with Gasteiger partial charge in [-0.05, 0) is 12.8 Å². The third-order valence-electron chi connectivity index (χ3n) is 3.03. The van der Waals surface area contributed by atoms with Crippen LogP contribution in [-0.4, -0.2) is 32.6 Å². The number of thioether (sulfide) groups is 1. The first-order chi connectivity index (χ1) is 7.75. The van der Waals surface area contributed by atoms with E-state index < -0.39 is 0 Å². The summed E-state index contributed by atoms with van der Waals surface area (Å²) >= 11 is 1.79. The molecule has 1 unspecified atom stereocenters. The summed E-state index contributed by atoms with van der Waals surface area (Å²) < 4.78 is 1.83. The number of nitrogens with one attached hydrogen (secondary N) is 1. The highest BCUT2D eigenvalue weighted by Crippen LogP contribution is 2.21. The van der Waals surface area contributed by atoms with Crippen molar-refractivity contribution in [2.24, 2.45) is 7.05 Å². The van der Waals surface area contributed by atoms with E-state index in [1.807, 2.05) is 11.7 Å². The van der Waals surface area contributed by atoms with E-state index in [0.717, 1.165) is 17.7 Å². The molecule has 0 aliphatic heterocycles. The topological polar surface area (TPSA) is 42.7 Å². The predicted octanol–water partition coefficient (Wildman–Crippen LogP) is 1.83. The summed E-state index contributed by atoms with van der Waals surface area (Å²) in [6.45, 7) is 3.30. The van der Waals surface area contributed by atoms with E-state index in [0.29, 0.717) is 5.25 Å². The number of hydrogen-bond donors (Lipinski definition) is 1. The van der Waals surface area contributed by atoms with Gasteiger partial charge in [-0.1, -0.05) is 31.5 Å². The van der Waals surface area contributed by atoms with Gasteiger partial charge in [-0.25, -0.2) is 9.67 Å².